The second-order valence-corrected chi connectivity index (χ2v) is 3.25. The summed E-state index contributed by atoms with van der Waals surface area (Å²) >= 11 is 0. The van der Waals surface area contributed by atoms with Crippen LogP contribution in [-0.2, 0) is 0 Å². The van der Waals surface area contributed by atoms with Crippen LogP contribution in [0.5, 0.6) is 5.75 Å². The van der Waals surface area contributed by atoms with Gasteiger partial charge in [0.15, 0.2) is 12.3 Å². The van der Waals surface area contributed by atoms with Crippen LogP contribution in [0.1, 0.15) is 10.5 Å². The highest BCUT2D eigenvalue weighted by Crippen LogP contribution is 2.23. The van der Waals surface area contributed by atoms with Crippen LogP contribution < -0.4 is 10.1 Å². The van der Waals surface area contributed by atoms with Gasteiger partial charge < -0.3 is 10.1 Å². The summed E-state index contributed by atoms with van der Waals surface area (Å²) in [5, 5.41) is 20.7. The highest BCUT2D eigenvalue weighted by Gasteiger charge is 2.11. The molecule has 0 atom stereocenters. The number of carbonyl (C=O) groups is 1. The third-order valence-electron chi connectivity index (χ3n) is 2.08. The highest BCUT2D eigenvalue weighted by atomic mass is 16.5. The zero-order chi connectivity index (χ0) is 12.8. The monoisotopic (exact) mass is 243 g/mol. The van der Waals surface area contributed by atoms with Crippen molar-refractivity contribution in [1.29, 1.82) is 5.26 Å². The first-order valence-corrected chi connectivity index (χ1v) is 5.07. The predicted molar refractivity (Wildman–Crippen MR) is 61.9 cm³/mol. The second kappa shape index (κ2) is 5.45. The molecule has 1 aromatic heterocycles. The molecule has 0 fully saturated rings. The van der Waals surface area contributed by atoms with Crippen LogP contribution in [0.3, 0.4) is 0 Å². The number of H-pyrrole nitrogens is 1. The van der Waals surface area contributed by atoms with Crippen molar-refractivity contribution in [3.05, 3.63) is 36.2 Å². The minimum absolute atomic E-state index is 0.0865. The number of aromatic nitrogens is 3. The van der Waals surface area contributed by atoms with Crippen molar-refractivity contribution in [3.8, 4) is 11.8 Å². The standard InChI is InChI=1S/C11H9N5O2/c12-5-6-18-10-4-2-1-3-8(10)14-11(17)9-7-13-16-15-9/h1-4,7H,6H2,(H,14,17)(H,13,15,16). The van der Waals surface area contributed by atoms with Gasteiger partial charge in [0.05, 0.1) is 11.9 Å². The Labute approximate surface area is 102 Å². The van der Waals surface area contributed by atoms with Gasteiger partial charge in [-0.25, -0.2) is 0 Å². The summed E-state index contributed by atoms with van der Waals surface area (Å²) < 4.78 is 5.18. The largest absolute Gasteiger partial charge is 0.477 e. The van der Waals surface area contributed by atoms with E-state index in [9.17, 15) is 4.79 Å². The third kappa shape index (κ3) is 2.62. The van der Waals surface area contributed by atoms with Gasteiger partial charge in [0.2, 0.25) is 0 Å². The van der Waals surface area contributed by atoms with Gasteiger partial charge in [0.25, 0.3) is 5.91 Å². The molecular weight excluding hydrogens is 234 g/mol. The Kier molecular flexibility index (Phi) is 3.51. The molecule has 90 valence electrons. The molecule has 1 heterocycles. The molecule has 2 N–H and O–H groups in total. The number of nitrogens with one attached hydrogen (secondary N) is 2. The van der Waals surface area contributed by atoms with Crippen molar-refractivity contribution in [2.45, 2.75) is 0 Å². The maximum atomic E-state index is 11.7. The van der Waals surface area contributed by atoms with E-state index in [1.54, 1.807) is 24.3 Å². The number of nitrogens with zero attached hydrogens (tertiary/aromatic N) is 3. The first-order chi connectivity index (χ1) is 8.81. The van der Waals surface area contributed by atoms with Crippen LogP contribution in [0.15, 0.2) is 30.5 Å². The van der Waals surface area contributed by atoms with Crippen LogP contribution in [0, 0.1) is 11.3 Å². The molecule has 0 spiro atoms. The molecule has 0 aliphatic heterocycles. The first kappa shape index (κ1) is 11.6. The average molecular weight is 243 g/mol. The Bertz CT molecular complexity index is 573. The van der Waals surface area contributed by atoms with Crippen LogP contribution in [-0.4, -0.2) is 27.9 Å². The molecular formula is C11H9N5O2. The van der Waals surface area contributed by atoms with Crippen molar-refractivity contribution >= 4 is 11.6 Å². The van der Waals surface area contributed by atoms with Crippen LogP contribution >= 0.6 is 0 Å². The van der Waals surface area contributed by atoms with E-state index < -0.39 is 5.91 Å². The van der Waals surface area contributed by atoms with E-state index >= 15 is 0 Å². The van der Waals surface area contributed by atoms with E-state index in [4.69, 9.17) is 10.00 Å². The first-order valence-electron chi connectivity index (χ1n) is 5.07. The number of aromatic amines is 1. The molecule has 0 aliphatic rings. The van der Waals surface area contributed by atoms with E-state index in [2.05, 4.69) is 20.7 Å². The van der Waals surface area contributed by atoms with Crippen molar-refractivity contribution < 1.29 is 9.53 Å². The van der Waals surface area contributed by atoms with Crippen molar-refractivity contribution in [3.63, 3.8) is 0 Å². The Morgan fingerprint density at radius 2 is 2.33 bits per heavy atom. The van der Waals surface area contributed by atoms with Crippen LogP contribution in [0.2, 0.25) is 0 Å². The highest BCUT2D eigenvalue weighted by molar-refractivity contribution is 6.03. The Hall–Kier alpha value is -2.88. The number of ether oxygens (including phenoxy) is 1. The zero-order valence-electron chi connectivity index (χ0n) is 9.25. The molecule has 2 aromatic rings. The maximum Gasteiger partial charge on any atom is 0.277 e. The molecule has 0 saturated heterocycles. The lowest BCUT2D eigenvalue weighted by Crippen LogP contribution is -2.13. The van der Waals surface area contributed by atoms with Gasteiger partial charge in [-0.05, 0) is 12.1 Å². The van der Waals surface area contributed by atoms with Gasteiger partial charge >= 0.3 is 0 Å². The SMILES string of the molecule is N#CCOc1ccccc1NC(=O)c1cn[nH]n1. The molecule has 0 bridgehead atoms. The van der Waals surface area contributed by atoms with Gasteiger partial charge in [-0.1, -0.05) is 12.1 Å². The van der Waals surface area contributed by atoms with Gasteiger partial charge in [0.1, 0.15) is 11.8 Å². The predicted octanol–water partition coefficient (Wildman–Crippen LogP) is 0.959. The Morgan fingerprint density at radius 1 is 1.50 bits per heavy atom. The summed E-state index contributed by atoms with van der Waals surface area (Å²) in [6.45, 7) is -0.0865. The lowest BCUT2D eigenvalue weighted by Gasteiger charge is -2.09. The van der Waals surface area contributed by atoms with Crippen molar-refractivity contribution in [2.24, 2.45) is 0 Å². The maximum absolute atomic E-state index is 11.7. The second-order valence-electron chi connectivity index (χ2n) is 3.25. The summed E-state index contributed by atoms with van der Waals surface area (Å²) in [7, 11) is 0. The molecule has 7 heteroatoms. The van der Waals surface area contributed by atoms with Crippen LogP contribution in [0.25, 0.3) is 0 Å². The fraction of sp³-hybridized carbons (Fsp3) is 0.0909. The van der Waals surface area contributed by atoms with Gasteiger partial charge in [-0.2, -0.15) is 20.7 Å². The van der Waals surface area contributed by atoms with E-state index in [0.29, 0.717) is 11.4 Å². The minimum Gasteiger partial charge on any atom is -0.477 e. The number of amides is 1. The minimum atomic E-state index is -0.406. The molecule has 2 rings (SSSR count). The van der Waals surface area contributed by atoms with E-state index in [-0.39, 0.29) is 12.3 Å². The lowest BCUT2D eigenvalue weighted by molar-refractivity contribution is 0.102. The quantitative estimate of drug-likeness (QED) is 0.832. The number of nitriles is 1. The number of rotatable bonds is 4. The topological polar surface area (TPSA) is 104 Å². The Morgan fingerprint density at radius 3 is 3.06 bits per heavy atom. The fourth-order valence-electron chi connectivity index (χ4n) is 1.30. The molecule has 0 unspecified atom stereocenters. The molecule has 0 radical (unpaired) electrons. The van der Waals surface area contributed by atoms with E-state index in [0.717, 1.165) is 0 Å². The average Bonchev–Trinajstić information content (AvgIpc) is 2.91. The summed E-state index contributed by atoms with van der Waals surface area (Å²) in [4.78, 5) is 11.7. The summed E-state index contributed by atoms with van der Waals surface area (Å²) in [5.41, 5.74) is 0.644. The summed E-state index contributed by atoms with van der Waals surface area (Å²) in [6.07, 6.45) is 1.31. The molecule has 18 heavy (non-hydrogen) atoms. The van der Waals surface area contributed by atoms with Crippen molar-refractivity contribution in [2.75, 3.05) is 11.9 Å². The smallest absolute Gasteiger partial charge is 0.277 e. The van der Waals surface area contributed by atoms with Gasteiger partial charge in [-0.3, -0.25) is 4.79 Å². The summed E-state index contributed by atoms with van der Waals surface area (Å²) in [6, 6.07) is 8.69. The van der Waals surface area contributed by atoms with Gasteiger partial charge in [0, 0.05) is 0 Å². The van der Waals surface area contributed by atoms with E-state index in [1.807, 2.05) is 6.07 Å². The van der Waals surface area contributed by atoms with E-state index in [1.165, 1.54) is 6.20 Å². The third-order valence-corrected chi connectivity index (χ3v) is 2.08. The number of hydrogen-bond donors (Lipinski definition) is 2. The van der Waals surface area contributed by atoms with Crippen LogP contribution in [0.4, 0.5) is 5.69 Å². The Balaban J connectivity index is 2.14. The molecule has 0 aliphatic carbocycles. The molecule has 0 saturated carbocycles. The van der Waals surface area contributed by atoms with Crippen molar-refractivity contribution in [1.82, 2.24) is 15.4 Å². The number of anilines is 1. The normalized spacial score (nSPS) is 9.50. The summed E-state index contributed by atoms with van der Waals surface area (Å²) in [5.74, 6) is 0.0210. The fourth-order valence-corrected chi connectivity index (χ4v) is 1.30. The molecule has 1 aromatic carbocycles. The van der Waals surface area contributed by atoms with Gasteiger partial charge in [-0.15, -0.1) is 0 Å². The lowest BCUT2D eigenvalue weighted by atomic mass is 10.3. The number of hydrogen-bond acceptors (Lipinski definition) is 5. The molecule has 1 amide bonds. The molecule has 7 nitrogen and oxygen atoms in total. The number of benzene rings is 1. The zero-order valence-corrected chi connectivity index (χ0v) is 9.25. The number of para-hydroxylation sites is 2. The number of carbonyl (C=O) groups excluding carboxylic acids is 1.